The van der Waals surface area contributed by atoms with Gasteiger partial charge in [0.25, 0.3) is 5.69 Å². The van der Waals surface area contributed by atoms with Crippen LogP contribution in [-0.4, -0.2) is 17.4 Å². The number of nitro benzene ring substituents is 1. The molecular weight excluding hydrogens is 186 g/mol. The molecule has 1 aliphatic rings. The van der Waals surface area contributed by atoms with Crippen LogP contribution in [0.15, 0.2) is 18.2 Å². The minimum absolute atomic E-state index is 0.00685. The number of carbonyl (C=O) groups excluding carboxylic acids is 1. The van der Waals surface area contributed by atoms with Gasteiger partial charge < -0.3 is 10.6 Å². The third-order valence-corrected chi connectivity index (χ3v) is 1.93. The van der Waals surface area contributed by atoms with E-state index in [-0.39, 0.29) is 18.1 Å². The minimum atomic E-state index is -0.474. The van der Waals surface area contributed by atoms with Crippen LogP contribution in [0.25, 0.3) is 0 Å². The van der Waals surface area contributed by atoms with Gasteiger partial charge in [0.1, 0.15) is 0 Å². The zero-order valence-corrected chi connectivity index (χ0v) is 7.11. The Morgan fingerprint density at radius 3 is 2.86 bits per heavy atom. The smallest absolute Gasteiger partial charge is 0.271 e. The van der Waals surface area contributed by atoms with Gasteiger partial charge in [-0.15, -0.1) is 0 Å². The Morgan fingerprint density at radius 1 is 1.36 bits per heavy atom. The summed E-state index contributed by atoms with van der Waals surface area (Å²) in [5.41, 5.74) is 1.16. The molecule has 0 spiro atoms. The Labute approximate surface area is 79.1 Å². The van der Waals surface area contributed by atoms with Crippen molar-refractivity contribution in [2.75, 3.05) is 17.2 Å². The van der Waals surface area contributed by atoms with Crippen LogP contribution in [0.1, 0.15) is 0 Å². The topological polar surface area (TPSA) is 84.3 Å². The summed E-state index contributed by atoms with van der Waals surface area (Å²) in [4.78, 5) is 20.9. The fourth-order valence-electron chi connectivity index (χ4n) is 1.27. The van der Waals surface area contributed by atoms with Gasteiger partial charge in [-0.25, -0.2) is 0 Å². The lowest BCUT2D eigenvalue weighted by atomic mass is 10.2. The number of hydrogen-bond donors (Lipinski definition) is 2. The highest BCUT2D eigenvalue weighted by Crippen LogP contribution is 2.28. The van der Waals surface area contributed by atoms with Gasteiger partial charge in [-0.3, -0.25) is 14.9 Å². The van der Waals surface area contributed by atoms with Crippen molar-refractivity contribution in [3.05, 3.63) is 28.3 Å². The Hall–Kier alpha value is -2.11. The molecule has 0 aliphatic carbocycles. The maximum atomic E-state index is 10.9. The molecule has 0 radical (unpaired) electrons. The number of amides is 1. The maximum Gasteiger partial charge on any atom is 0.271 e. The van der Waals surface area contributed by atoms with Gasteiger partial charge in [0.2, 0.25) is 5.91 Å². The first kappa shape index (κ1) is 8.49. The highest BCUT2D eigenvalue weighted by atomic mass is 16.6. The van der Waals surface area contributed by atoms with Crippen LogP contribution in [0.2, 0.25) is 0 Å². The molecule has 0 aromatic heterocycles. The number of rotatable bonds is 1. The van der Waals surface area contributed by atoms with Gasteiger partial charge >= 0.3 is 0 Å². The molecule has 1 aromatic rings. The van der Waals surface area contributed by atoms with Crippen molar-refractivity contribution in [2.45, 2.75) is 0 Å². The van der Waals surface area contributed by atoms with Crippen molar-refractivity contribution in [3.8, 4) is 0 Å². The minimum Gasteiger partial charge on any atom is -0.374 e. The van der Waals surface area contributed by atoms with E-state index in [1.54, 1.807) is 0 Å². The van der Waals surface area contributed by atoms with Gasteiger partial charge in [0, 0.05) is 12.1 Å². The number of non-ortho nitro benzene ring substituents is 1. The monoisotopic (exact) mass is 193 g/mol. The highest BCUT2D eigenvalue weighted by Gasteiger charge is 2.16. The van der Waals surface area contributed by atoms with E-state index in [9.17, 15) is 14.9 Å². The van der Waals surface area contributed by atoms with Crippen molar-refractivity contribution in [2.24, 2.45) is 0 Å². The molecule has 72 valence electrons. The number of benzene rings is 1. The molecule has 6 heteroatoms. The fraction of sp³-hybridized carbons (Fsp3) is 0.125. The van der Waals surface area contributed by atoms with Crippen molar-refractivity contribution < 1.29 is 9.72 Å². The zero-order valence-electron chi connectivity index (χ0n) is 7.11. The molecule has 1 aliphatic heterocycles. The normalized spacial score (nSPS) is 13.9. The van der Waals surface area contributed by atoms with E-state index in [1.807, 2.05) is 0 Å². The molecule has 0 saturated carbocycles. The van der Waals surface area contributed by atoms with E-state index in [0.717, 1.165) is 0 Å². The summed E-state index contributed by atoms with van der Waals surface area (Å²) in [7, 11) is 0. The van der Waals surface area contributed by atoms with Crippen molar-refractivity contribution in [1.29, 1.82) is 0 Å². The molecule has 2 rings (SSSR count). The number of nitrogens with one attached hydrogen (secondary N) is 2. The van der Waals surface area contributed by atoms with E-state index >= 15 is 0 Å². The first-order valence-electron chi connectivity index (χ1n) is 3.99. The second kappa shape index (κ2) is 2.99. The molecule has 6 nitrogen and oxygen atoms in total. The average Bonchev–Trinajstić information content (AvgIpc) is 2.16. The molecule has 0 bridgehead atoms. The first-order valence-corrected chi connectivity index (χ1v) is 3.99. The number of anilines is 2. The standard InChI is InChI=1S/C8H7N3O3/c12-8-4-9-7-3-5(11(13)14)1-2-6(7)10-8/h1-3,9H,4H2,(H,10,12). The molecule has 2 N–H and O–H groups in total. The van der Waals surface area contributed by atoms with E-state index in [4.69, 9.17) is 0 Å². The van der Waals surface area contributed by atoms with Crippen LogP contribution in [0.3, 0.4) is 0 Å². The molecule has 0 atom stereocenters. The second-order valence-electron chi connectivity index (χ2n) is 2.89. The van der Waals surface area contributed by atoms with E-state index < -0.39 is 4.92 Å². The molecule has 1 aromatic carbocycles. The fourth-order valence-corrected chi connectivity index (χ4v) is 1.27. The Balaban J connectivity index is 2.41. The van der Waals surface area contributed by atoms with Crippen LogP contribution >= 0.6 is 0 Å². The van der Waals surface area contributed by atoms with Crippen LogP contribution < -0.4 is 10.6 Å². The summed E-state index contributed by atoms with van der Waals surface area (Å²) >= 11 is 0. The van der Waals surface area contributed by atoms with Gasteiger partial charge in [0.15, 0.2) is 0 Å². The van der Waals surface area contributed by atoms with Crippen molar-refractivity contribution in [1.82, 2.24) is 0 Å². The molecule has 1 heterocycles. The van der Waals surface area contributed by atoms with Crippen LogP contribution in [-0.2, 0) is 4.79 Å². The molecule has 0 fully saturated rings. The largest absolute Gasteiger partial charge is 0.374 e. The predicted molar refractivity (Wildman–Crippen MR) is 50.2 cm³/mol. The first-order chi connectivity index (χ1) is 6.66. The number of fused-ring (bicyclic) bond motifs is 1. The third-order valence-electron chi connectivity index (χ3n) is 1.93. The van der Waals surface area contributed by atoms with Crippen LogP contribution in [0.5, 0.6) is 0 Å². The Kier molecular flexibility index (Phi) is 1.81. The van der Waals surface area contributed by atoms with Crippen LogP contribution in [0.4, 0.5) is 17.1 Å². The molecule has 0 saturated heterocycles. The van der Waals surface area contributed by atoms with Crippen molar-refractivity contribution in [3.63, 3.8) is 0 Å². The molecule has 1 amide bonds. The second-order valence-corrected chi connectivity index (χ2v) is 2.89. The van der Waals surface area contributed by atoms with E-state index in [1.165, 1.54) is 18.2 Å². The number of hydrogen-bond acceptors (Lipinski definition) is 4. The quantitative estimate of drug-likeness (QED) is 0.513. The van der Waals surface area contributed by atoms with E-state index in [0.29, 0.717) is 11.4 Å². The lowest BCUT2D eigenvalue weighted by Gasteiger charge is -2.17. The SMILES string of the molecule is O=C1CNc2cc([N+](=O)[O-])ccc2N1. The summed E-state index contributed by atoms with van der Waals surface area (Å²) in [6.45, 7) is 0.147. The number of carbonyl (C=O) groups is 1. The maximum absolute atomic E-state index is 10.9. The van der Waals surface area contributed by atoms with Crippen LogP contribution in [0, 0.1) is 10.1 Å². The lowest BCUT2D eigenvalue weighted by Crippen LogP contribution is -2.27. The van der Waals surface area contributed by atoms with E-state index in [2.05, 4.69) is 10.6 Å². The Morgan fingerprint density at radius 2 is 2.14 bits per heavy atom. The predicted octanol–water partition coefficient (Wildman–Crippen LogP) is 0.959. The number of nitrogens with zero attached hydrogens (tertiary/aromatic N) is 1. The summed E-state index contributed by atoms with van der Waals surface area (Å²) in [6.07, 6.45) is 0. The van der Waals surface area contributed by atoms with Crippen molar-refractivity contribution >= 4 is 23.0 Å². The average molecular weight is 193 g/mol. The third kappa shape index (κ3) is 1.37. The lowest BCUT2D eigenvalue weighted by molar-refractivity contribution is -0.384. The molecular formula is C8H7N3O3. The van der Waals surface area contributed by atoms with Gasteiger partial charge in [-0.2, -0.15) is 0 Å². The summed E-state index contributed by atoms with van der Waals surface area (Å²) in [5.74, 6) is -0.147. The summed E-state index contributed by atoms with van der Waals surface area (Å²) < 4.78 is 0. The highest BCUT2D eigenvalue weighted by molar-refractivity contribution is 6.00. The molecule has 0 unspecified atom stereocenters. The van der Waals surface area contributed by atoms with Gasteiger partial charge in [-0.1, -0.05) is 0 Å². The zero-order chi connectivity index (χ0) is 10.1. The van der Waals surface area contributed by atoms with Gasteiger partial charge in [0.05, 0.1) is 22.8 Å². The molecule has 14 heavy (non-hydrogen) atoms. The number of nitro groups is 1. The Bertz CT molecular complexity index is 416. The van der Waals surface area contributed by atoms with Gasteiger partial charge in [-0.05, 0) is 6.07 Å². The summed E-state index contributed by atoms with van der Waals surface area (Å²) in [6, 6.07) is 4.26. The summed E-state index contributed by atoms with van der Waals surface area (Å²) in [5, 5.41) is 15.8.